The number of hydrogen-bond donors (Lipinski definition) is 2. The lowest BCUT2D eigenvalue weighted by atomic mass is 10.2. The number of aromatic nitrogens is 2. The van der Waals surface area contributed by atoms with Gasteiger partial charge in [0.1, 0.15) is 5.82 Å². The van der Waals surface area contributed by atoms with Crippen molar-refractivity contribution in [1.29, 1.82) is 0 Å². The van der Waals surface area contributed by atoms with Crippen LogP contribution < -0.4 is 5.32 Å². The van der Waals surface area contributed by atoms with E-state index in [2.05, 4.69) is 26.7 Å². The first-order valence-electron chi connectivity index (χ1n) is 6.40. The van der Waals surface area contributed by atoms with Crippen molar-refractivity contribution in [2.24, 2.45) is 0 Å². The van der Waals surface area contributed by atoms with E-state index in [9.17, 15) is 5.11 Å². The predicted molar refractivity (Wildman–Crippen MR) is 66.7 cm³/mol. The van der Waals surface area contributed by atoms with E-state index in [4.69, 9.17) is 0 Å². The summed E-state index contributed by atoms with van der Waals surface area (Å²) in [5.74, 6) is 1.10. The summed E-state index contributed by atoms with van der Waals surface area (Å²) in [7, 11) is 0. The van der Waals surface area contributed by atoms with Crippen molar-refractivity contribution in [3.8, 4) is 0 Å². The lowest BCUT2D eigenvalue weighted by Gasteiger charge is -2.29. The number of aliphatic hydroxyl groups is 1. The van der Waals surface area contributed by atoms with E-state index in [1.807, 2.05) is 12.4 Å². The Morgan fingerprint density at radius 2 is 2.41 bits per heavy atom. The van der Waals surface area contributed by atoms with Crippen molar-refractivity contribution in [1.82, 2.24) is 19.8 Å². The number of hydrogen-bond acceptors (Lipinski definition) is 4. The van der Waals surface area contributed by atoms with Gasteiger partial charge in [-0.25, -0.2) is 4.98 Å². The fourth-order valence-corrected chi connectivity index (χ4v) is 2.19. The second-order valence-electron chi connectivity index (χ2n) is 4.63. The molecule has 0 fully saturated rings. The molecule has 2 N–H and O–H groups in total. The Morgan fingerprint density at radius 1 is 1.53 bits per heavy atom. The van der Waals surface area contributed by atoms with Crippen molar-refractivity contribution < 1.29 is 5.11 Å². The first kappa shape index (κ1) is 12.5. The molecule has 1 aliphatic rings. The third-order valence-corrected chi connectivity index (χ3v) is 3.10. The molecule has 0 bridgehead atoms. The van der Waals surface area contributed by atoms with Crippen molar-refractivity contribution in [3.63, 3.8) is 0 Å². The molecule has 5 nitrogen and oxygen atoms in total. The first-order chi connectivity index (χ1) is 8.29. The molecule has 0 spiro atoms. The normalized spacial score (nSPS) is 18.0. The number of aliphatic hydroxyl groups excluding tert-OH is 1. The van der Waals surface area contributed by atoms with Gasteiger partial charge in [0.25, 0.3) is 0 Å². The van der Waals surface area contributed by atoms with Gasteiger partial charge in [-0.2, -0.15) is 0 Å². The molecule has 0 aromatic carbocycles. The van der Waals surface area contributed by atoms with Gasteiger partial charge >= 0.3 is 0 Å². The largest absolute Gasteiger partial charge is 0.390 e. The number of imidazole rings is 1. The van der Waals surface area contributed by atoms with Gasteiger partial charge in [-0.15, -0.1) is 0 Å². The highest BCUT2D eigenvalue weighted by atomic mass is 16.3. The van der Waals surface area contributed by atoms with Crippen LogP contribution in [-0.2, 0) is 13.1 Å². The van der Waals surface area contributed by atoms with E-state index >= 15 is 0 Å². The van der Waals surface area contributed by atoms with Crippen LogP contribution in [0.3, 0.4) is 0 Å². The molecule has 5 heteroatoms. The minimum atomic E-state index is -0.289. The van der Waals surface area contributed by atoms with Gasteiger partial charge in [-0.3, -0.25) is 4.90 Å². The van der Waals surface area contributed by atoms with Gasteiger partial charge < -0.3 is 15.0 Å². The van der Waals surface area contributed by atoms with Crippen molar-refractivity contribution in [2.75, 3.05) is 26.2 Å². The van der Waals surface area contributed by atoms with Gasteiger partial charge in [0.05, 0.1) is 12.6 Å². The van der Waals surface area contributed by atoms with Crippen LogP contribution in [0.1, 0.15) is 19.2 Å². The second-order valence-corrected chi connectivity index (χ2v) is 4.63. The molecule has 0 saturated carbocycles. The standard InChI is InChI=1S/C12H22N4O/c1-2-3-13-8-11(17)9-15-6-7-16-5-4-14-12(16)10-15/h4-5,11,13,17H,2-3,6-10H2,1H3. The van der Waals surface area contributed by atoms with Crippen LogP contribution in [0.2, 0.25) is 0 Å². The summed E-state index contributed by atoms with van der Waals surface area (Å²) in [5, 5.41) is 13.1. The van der Waals surface area contributed by atoms with Crippen LogP contribution in [-0.4, -0.2) is 51.8 Å². The number of rotatable bonds is 6. The second kappa shape index (κ2) is 6.14. The van der Waals surface area contributed by atoms with Crippen molar-refractivity contribution in [3.05, 3.63) is 18.2 Å². The van der Waals surface area contributed by atoms with Crippen LogP contribution in [0.25, 0.3) is 0 Å². The quantitative estimate of drug-likeness (QED) is 0.688. The minimum absolute atomic E-state index is 0.289. The highest BCUT2D eigenvalue weighted by Crippen LogP contribution is 2.10. The number of nitrogens with zero attached hydrogens (tertiary/aromatic N) is 3. The van der Waals surface area contributed by atoms with Gasteiger partial charge in [-0.05, 0) is 13.0 Å². The average molecular weight is 238 g/mol. The predicted octanol–water partition coefficient (Wildman–Crippen LogP) is 0.0592. The van der Waals surface area contributed by atoms with E-state index < -0.39 is 0 Å². The maximum Gasteiger partial charge on any atom is 0.122 e. The number of β-amino-alcohol motifs (C(OH)–C–C–N with tert-alkyl or cyclic N) is 1. The molecule has 0 radical (unpaired) electrons. The van der Waals surface area contributed by atoms with Crippen molar-refractivity contribution in [2.45, 2.75) is 32.5 Å². The lowest BCUT2D eigenvalue weighted by Crippen LogP contribution is -2.42. The highest BCUT2D eigenvalue weighted by Gasteiger charge is 2.18. The Bertz CT molecular complexity index is 339. The van der Waals surface area contributed by atoms with Gasteiger partial charge in [0.2, 0.25) is 0 Å². The Hall–Kier alpha value is -0.910. The maximum absolute atomic E-state index is 9.90. The number of fused-ring (bicyclic) bond motifs is 1. The lowest BCUT2D eigenvalue weighted by molar-refractivity contribution is 0.0954. The van der Waals surface area contributed by atoms with Gasteiger partial charge in [0.15, 0.2) is 0 Å². The van der Waals surface area contributed by atoms with Crippen LogP contribution >= 0.6 is 0 Å². The molecule has 1 aliphatic heterocycles. The summed E-state index contributed by atoms with van der Waals surface area (Å²) in [5.41, 5.74) is 0. The maximum atomic E-state index is 9.90. The molecule has 2 rings (SSSR count). The number of nitrogens with one attached hydrogen (secondary N) is 1. The summed E-state index contributed by atoms with van der Waals surface area (Å²) in [4.78, 5) is 6.58. The summed E-state index contributed by atoms with van der Waals surface area (Å²) in [6.07, 6.45) is 4.68. The van der Waals surface area contributed by atoms with E-state index in [-0.39, 0.29) is 6.10 Å². The smallest absolute Gasteiger partial charge is 0.122 e. The van der Waals surface area contributed by atoms with E-state index in [0.717, 1.165) is 45.0 Å². The third-order valence-electron chi connectivity index (χ3n) is 3.10. The fourth-order valence-electron chi connectivity index (χ4n) is 2.19. The topological polar surface area (TPSA) is 53.3 Å². The van der Waals surface area contributed by atoms with E-state index in [0.29, 0.717) is 6.54 Å². The van der Waals surface area contributed by atoms with E-state index in [1.54, 1.807) is 0 Å². The van der Waals surface area contributed by atoms with Crippen LogP contribution in [0.5, 0.6) is 0 Å². The Balaban J connectivity index is 1.74. The Morgan fingerprint density at radius 3 is 3.24 bits per heavy atom. The zero-order chi connectivity index (χ0) is 12.1. The van der Waals surface area contributed by atoms with Crippen LogP contribution in [0.4, 0.5) is 0 Å². The molecule has 17 heavy (non-hydrogen) atoms. The molecule has 2 heterocycles. The summed E-state index contributed by atoms with van der Waals surface area (Å²) < 4.78 is 2.18. The molecule has 1 aromatic rings. The Kier molecular flexibility index (Phi) is 4.53. The zero-order valence-corrected chi connectivity index (χ0v) is 10.5. The van der Waals surface area contributed by atoms with E-state index in [1.165, 1.54) is 0 Å². The SMILES string of the molecule is CCCNCC(O)CN1CCn2ccnc2C1. The molecule has 1 unspecified atom stereocenters. The summed E-state index contributed by atoms with van der Waals surface area (Å²) >= 11 is 0. The molecular formula is C12H22N4O. The summed E-state index contributed by atoms with van der Waals surface area (Å²) in [6.45, 7) is 7.32. The fraction of sp³-hybridized carbons (Fsp3) is 0.750. The monoisotopic (exact) mass is 238 g/mol. The molecule has 96 valence electrons. The average Bonchev–Trinajstić information content (AvgIpc) is 2.76. The molecule has 0 saturated heterocycles. The summed E-state index contributed by atoms with van der Waals surface area (Å²) in [6, 6.07) is 0. The molecule has 0 aliphatic carbocycles. The van der Waals surface area contributed by atoms with Gasteiger partial charge in [0, 0.05) is 38.6 Å². The first-order valence-corrected chi connectivity index (χ1v) is 6.40. The van der Waals surface area contributed by atoms with Crippen LogP contribution in [0, 0.1) is 0 Å². The van der Waals surface area contributed by atoms with Crippen LogP contribution in [0.15, 0.2) is 12.4 Å². The molecule has 1 aromatic heterocycles. The molecule has 1 atom stereocenters. The minimum Gasteiger partial charge on any atom is -0.390 e. The third kappa shape index (κ3) is 3.52. The van der Waals surface area contributed by atoms with Gasteiger partial charge in [-0.1, -0.05) is 6.92 Å². The zero-order valence-electron chi connectivity index (χ0n) is 10.5. The highest BCUT2D eigenvalue weighted by molar-refractivity contribution is 4.95. The van der Waals surface area contributed by atoms with Crippen molar-refractivity contribution >= 4 is 0 Å². The molecular weight excluding hydrogens is 216 g/mol. The molecule has 0 amide bonds. The Labute approximate surface area is 102 Å².